The molecule has 3 N–H and O–H groups in total. The van der Waals surface area contributed by atoms with Gasteiger partial charge >= 0.3 is 0 Å². The summed E-state index contributed by atoms with van der Waals surface area (Å²) in [6.45, 7) is 2.41. The Kier molecular flexibility index (Phi) is 7.46. The molecule has 0 aliphatic carbocycles. The maximum Gasteiger partial charge on any atom is 0.253 e. The monoisotopic (exact) mass is 421 g/mol. The molecule has 0 aliphatic rings. The highest BCUT2D eigenvalue weighted by Gasteiger charge is 2.12. The van der Waals surface area contributed by atoms with E-state index in [1.807, 2.05) is 43.3 Å². The largest absolute Gasteiger partial charge is 0.376 e. The van der Waals surface area contributed by atoms with Gasteiger partial charge < -0.3 is 16.0 Å². The first kappa shape index (κ1) is 21.4. The SMILES string of the molecule is Cc1c(Cl)cccc1NC(=O)CNc1ccccc1C(=O)NCCc1ccccc1. The van der Waals surface area contributed by atoms with Crippen LogP contribution in [0.3, 0.4) is 0 Å². The third-order valence-electron chi connectivity index (χ3n) is 4.69. The number of anilines is 2. The highest BCUT2D eigenvalue weighted by Crippen LogP contribution is 2.23. The quantitative estimate of drug-likeness (QED) is 0.495. The van der Waals surface area contributed by atoms with E-state index >= 15 is 0 Å². The minimum atomic E-state index is -0.223. The Morgan fingerprint density at radius 2 is 1.57 bits per heavy atom. The number of rotatable bonds is 8. The van der Waals surface area contributed by atoms with E-state index in [1.165, 1.54) is 0 Å². The Morgan fingerprint density at radius 3 is 2.37 bits per heavy atom. The van der Waals surface area contributed by atoms with Gasteiger partial charge in [0.2, 0.25) is 5.91 Å². The van der Waals surface area contributed by atoms with Crippen LogP contribution >= 0.6 is 11.6 Å². The smallest absolute Gasteiger partial charge is 0.253 e. The number of carbonyl (C=O) groups is 2. The third-order valence-corrected chi connectivity index (χ3v) is 5.10. The summed E-state index contributed by atoms with van der Waals surface area (Å²) >= 11 is 6.10. The molecule has 0 atom stereocenters. The molecule has 3 aromatic rings. The first-order chi connectivity index (χ1) is 14.5. The molecule has 0 saturated carbocycles. The van der Waals surface area contributed by atoms with Gasteiger partial charge in [0, 0.05) is 22.9 Å². The zero-order chi connectivity index (χ0) is 21.3. The highest BCUT2D eigenvalue weighted by molar-refractivity contribution is 6.31. The summed E-state index contributed by atoms with van der Waals surface area (Å²) in [6.07, 6.45) is 0.754. The number of para-hydroxylation sites is 1. The summed E-state index contributed by atoms with van der Waals surface area (Å²) in [4.78, 5) is 24.9. The Labute approximate surface area is 181 Å². The van der Waals surface area contributed by atoms with Crippen molar-refractivity contribution in [3.05, 3.63) is 94.5 Å². The van der Waals surface area contributed by atoms with Crippen molar-refractivity contribution in [1.29, 1.82) is 0 Å². The Morgan fingerprint density at radius 1 is 0.867 bits per heavy atom. The molecule has 0 bridgehead atoms. The van der Waals surface area contributed by atoms with Crippen LogP contribution < -0.4 is 16.0 Å². The summed E-state index contributed by atoms with van der Waals surface area (Å²) in [5.74, 6) is -0.403. The average molecular weight is 422 g/mol. The molecule has 2 amide bonds. The van der Waals surface area contributed by atoms with Crippen molar-refractivity contribution in [3.8, 4) is 0 Å². The fourth-order valence-corrected chi connectivity index (χ4v) is 3.18. The topological polar surface area (TPSA) is 70.2 Å². The van der Waals surface area contributed by atoms with E-state index in [2.05, 4.69) is 16.0 Å². The molecule has 0 saturated heterocycles. The molecule has 0 unspecified atom stereocenters. The second kappa shape index (κ2) is 10.5. The van der Waals surface area contributed by atoms with Crippen LogP contribution in [0.5, 0.6) is 0 Å². The van der Waals surface area contributed by atoms with Crippen LogP contribution in [0, 0.1) is 6.92 Å². The van der Waals surface area contributed by atoms with Crippen LogP contribution in [0.25, 0.3) is 0 Å². The molecule has 0 radical (unpaired) electrons. The highest BCUT2D eigenvalue weighted by atomic mass is 35.5. The van der Waals surface area contributed by atoms with Crippen molar-refractivity contribution >= 4 is 34.8 Å². The van der Waals surface area contributed by atoms with E-state index in [0.29, 0.717) is 28.5 Å². The van der Waals surface area contributed by atoms with Gasteiger partial charge in [-0.1, -0.05) is 60.1 Å². The maximum atomic E-state index is 12.6. The van der Waals surface area contributed by atoms with Crippen LogP contribution in [-0.2, 0) is 11.2 Å². The number of halogens is 1. The lowest BCUT2D eigenvalue weighted by atomic mass is 10.1. The van der Waals surface area contributed by atoms with Gasteiger partial charge in [-0.25, -0.2) is 0 Å². The minimum Gasteiger partial charge on any atom is -0.376 e. The summed E-state index contributed by atoms with van der Waals surface area (Å²) < 4.78 is 0. The zero-order valence-corrected chi connectivity index (χ0v) is 17.5. The van der Waals surface area contributed by atoms with E-state index in [0.717, 1.165) is 17.5 Å². The second-order valence-electron chi connectivity index (χ2n) is 6.85. The Hall–Kier alpha value is -3.31. The molecule has 30 heavy (non-hydrogen) atoms. The maximum absolute atomic E-state index is 12.6. The van der Waals surface area contributed by atoms with Gasteiger partial charge in [0.05, 0.1) is 12.1 Å². The van der Waals surface area contributed by atoms with E-state index in [1.54, 1.807) is 36.4 Å². The van der Waals surface area contributed by atoms with Gasteiger partial charge in [0.1, 0.15) is 0 Å². The minimum absolute atomic E-state index is 0.0280. The van der Waals surface area contributed by atoms with Crippen LogP contribution in [0.4, 0.5) is 11.4 Å². The summed E-state index contributed by atoms with van der Waals surface area (Å²) in [5, 5.41) is 9.42. The second-order valence-corrected chi connectivity index (χ2v) is 7.26. The molecule has 3 aromatic carbocycles. The van der Waals surface area contributed by atoms with Gasteiger partial charge in [-0.15, -0.1) is 0 Å². The van der Waals surface area contributed by atoms with E-state index in [4.69, 9.17) is 11.6 Å². The van der Waals surface area contributed by atoms with E-state index in [-0.39, 0.29) is 18.4 Å². The number of amides is 2. The van der Waals surface area contributed by atoms with Crippen molar-refractivity contribution in [2.45, 2.75) is 13.3 Å². The standard InChI is InChI=1S/C24H24ClN3O2/c1-17-20(25)11-7-13-21(17)28-23(29)16-27-22-12-6-5-10-19(22)24(30)26-15-14-18-8-3-2-4-9-18/h2-13,27H,14-16H2,1H3,(H,26,30)(H,28,29). The number of benzene rings is 3. The fraction of sp³-hybridized carbons (Fsp3) is 0.167. The van der Waals surface area contributed by atoms with Gasteiger partial charge in [-0.2, -0.15) is 0 Å². The van der Waals surface area contributed by atoms with Crippen LogP contribution in [-0.4, -0.2) is 24.9 Å². The Bertz CT molecular complexity index is 1020. The van der Waals surface area contributed by atoms with Crippen molar-refractivity contribution < 1.29 is 9.59 Å². The lowest BCUT2D eigenvalue weighted by Gasteiger charge is -2.13. The van der Waals surface area contributed by atoms with Gasteiger partial charge in [0.15, 0.2) is 0 Å². The normalized spacial score (nSPS) is 10.3. The first-order valence-electron chi connectivity index (χ1n) is 9.74. The van der Waals surface area contributed by atoms with Crippen molar-refractivity contribution in [1.82, 2.24) is 5.32 Å². The lowest BCUT2D eigenvalue weighted by Crippen LogP contribution is -2.28. The number of carbonyl (C=O) groups excluding carboxylic acids is 2. The molecular formula is C24H24ClN3O2. The predicted molar refractivity (Wildman–Crippen MR) is 122 cm³/mol. The molecule has 0 spiro atoms. The molecule has 0 heterocycles. The zero-order valence-electron chi connectivity index (χ0n) is 16.7. The average Bonchev–Trinajstić information content (AvgIpc) is 2.76. The number of hydrogen-bond acceptors (Lipinski definition) is 3. The summed E-state index contributed by atoms with van der Waals surface area (Å²) in [6, 6.07) is 22.5. The molecule has 5 nitrogen and oxygen atoms in total. The van der Waals surface area contributed by atoms with E-state index in [9.17, 15) is 9.59 Å². The summed E-state index contributed by atoms with van der Waals surface area (Å²) in [7, 11) is 0. The summed E-state index contributed by atoms with van der Waals surface area (Å²) in [5.41, 5.74) is 3.74. The number of nitrogens with one attached hydrogen (secondary N) is 3. The van der Waals surface area contributed by atoms with Crippen LogP contribution in [0.15, 0.2) is 72.8 Å². The molecule has 0 aromatic heterocycles. The van der Waals surface area contributed by atoms with Crippen molar-refractivity contribution in [3.63, 3.8) is 0 Å². The van der Waals surface area contributed by atoms with E-state index < -0.39 is 0 Å². The molecular weight excluding hydrogens is 398 g/mol. The Balaban J connectivity index is 1.56. The fourth-order valence-electron chi connectivity index (χ4n) is 3.01. The van der Waals surface area contributed by atoms with Crippen LogP contribution in [0.2, 0.25) is 5.02 Å². The molecule has 0 fully saturated rings. The van der Waals surface area contributed by atoms with Gasteiger partial charge in [-0.05, 0) is 48.7 Å². The van der Waals surface area contributed by atoms with Gasteiger partial charge in [-0.3, -0.25) is 9.59 Å². The molecule has 3 rings (SSSR count). The van der Waals surface area contributed by atoms with Crippen molar-refractivity contribution in [2.75, 3.05) is 23.7 Å². The number of hydrogen-bond donors (Lipinski definition) is 3. The predicted octanol–water partition coefficient (Wildman–Crippen LogP) is 4.67. The van der Waals surface area contributed by atoms with Crippen molar-refractivity contribution in [2.24, 2.45) is 0 Å². The third kappa shape index (κ3) is 5.84. The van der Waals surface area contributed by atoms with Crippen LogP contribution in [0.1, 0.15) is 21.5 Å². The van der Waals surface area contributed by atoms with Gasteiger partial charge in [0.25, 0.3) is 5.91 Å². The molecule has 0 aliphatic heterocycles. The molecule has 154 valence electrons. The molecule has 6 heteroatoms. The first-order valence-corrected chi connectivity index (χ1v) is 10.1. The lowest BCUT2D eigenvalue weighted by molar-refractivity contribution is -0.114.